The Hall–Kier alpha value is -3.73. The maximum Gasteiger partial charge on any atom is 0.251 e. The van der Waals surface area contributed by atoms with Gasteiger partial charge in [-0.05, 0) is 42.7 Å². The summed E-state index contributed by atoms with van der Waals surface area (Å²) in [7, 11) is 0. The van der Waals surface area contributed by atoms with E-state index in [9.17, 15) is 4.79 Å². The van der Waals surface area contributed by atoms with Gasteiger partial charge in [0.1, 0.15) is 6.04 Å². The molecule has 1 N–H and O–H groups in total. The number of nitrogens with zero attached hydrogens (tertiary/aromatic N) is 2. The van der Waals surface area contributed by atoms with Gasteiger partial charge in [0.25, 0.3) is 5.91 Å². The lowest BCUT2D eigenvalue weighted by atomic mass is 10.0. The molecule has 0 bridgehead atoms. The highest BCUT2D eigenvalue weighted by molar-refractivity contribution is 5.94. The molecule has 0 aliphatic heterocycles. The molecular weight excluding hydrogens is 374 g/mol. The molecule has 5 heteroatoms. The van der Waals surface area contributed by atoms with Gasteiger partial charge in [-0.2, -0.15) is 4.98 Å². The number of hydrogen-bond donors (Lipinski definition) is 1. The van der Waals surface area contributed by atoms with Crippen molar-refractivity contribution in [1.82, 2.24) is 15.5 Å². The molecule has 1 heterocycles. The Labute approximate surface area is 175 Å². The standard InChI is InChI=1S/C25H23N3O2/c1-17-13-14-21(15-18(17)2)24(29)26-22(16-19-9-5-3-6-10-19)25-27-23(28-30-25)20-11-7-4-8-12-20/h3-15,22H,16H2,1-2H3,(H,26,29)/t22-/m0/s1. The molecule has 0 saturated heterocycles. The van der Waals surface area contributed by atoms with Crippen LogP contribution in [0.5, 0.6) is 0 Å². The van der Waals surface area contributed by atoms with Crippen molar-refractivity contribution < 1.29 is 9.32 Å². The van der Waals surface area contributed by atoms with Crippen LogP contribution in [0.4, 0.5) is 0 Å². The highest BCUT2D eigenvalue weighted by Crippen LogP contribution is 2.22. The molecule has 3 aromatic carbocycles. The van der Waals surface area contributed by atoms with Crippen molar-refractivity contribution in [3.05, 3.63) is 107 Å². The van der Waals surface area contributed by atoms with Crippen LogP contribution in [0.2, 0.25) is 0 Å². The molecule has 150 valence electrons. The number of hydrogen-bond acceptors (Lipinski definition) is 4. The van der Waals surface area contributed by atoms with Crippen LogP contribution in [0.25, 0.3) is 11.4 Å². The van der Waals surface area contributed by atoms with Gasteiger partial charge in [-0.1, -0.05) is 71.9 Å². The van der Waals surface area contributed by atoms with Gasteiger partial charge in [0.2, 0.25) is 11.7 Å². The maximum absolute atomic E-state index is 13.0. The van der Waals surface area contributed by atoms with E-state index in [2.05, 4.69) is 15.5 Å². The van der Waals surface area contributed by atoms with E-state index in [1.54, 1.807) is 0 Å². The summed E-state index contributed by atoms with van der Waals surface area (Å²) in [5.74, 6) is 0.720. The first-order valence-electron chi connectivity index (χ1n) is 9.91. The largest absolute Gasteiger partial charge is 0.340 e. The van der Waals surface area contributed by atoms with Crippen LogP contribution >= 0.6 is 0 Å². The lowest BCUT2D eigenvalue weighted by molar-refractivity contribution is 0.0928. The molecule has 0 unspecified atom stereocenters. The summed E-state index contributed by atoms with van der Waals surface area (Å²) in [5, 5.41) is 7.19. The number of rotatable bonds is 6. The minimum atomic E-state index is -0.438. The second-order valence-corrected chi connectivity index (χ2v) is 7.34. The van der Waals surface area contributed by atoms with Gasteiger partial charge in [-0.15, -0.1) is 0 Å². The molecule has 0 fully saturated rings. The van der Waals surface area contributed by atoms with Crippen LogP contribution in [0.1, 0.15) is 39.0 Å². The molecule has 4 rings (SSSR count). The van der Waals surface area contributed by atoms with Crippen molar-refractivity contribution in [2.75, 3.05) is 0 Å². The molecule has 4 aromatic rings. The molecule has 5 nitrogen and oxygen atoms in total. The van der Waals surface area contributed by atoms with E-state index in [0.29, 0.717) is 23.7 Å². The Kier molecular flexibility index (Phi) is 5.70. The Balaban J connectivity index is 1.62. The predicted molar refractivity (Wildman–Crippen MR) is 116 cm³/mol. The zero-order chi connectivity index (χ0) is 20.9. The molecule has 1 aromatic heterocycles. The predicted octanol–water partition coefficient (Wildman–Crippen LogP) is 5.07. The number of nitrogens with one attached hydrogen (secondary N) is 1. The minimum absolute atomic E-state index is 0.168. The van der Waals surface area contributed by atoms with Gasteiger partial charge < -0.3 is 9.84 Å². The summed E-state index contributed by atoms with van der Waals surface area (Å²) < 4.78 is 5.56. The highest BCUT2D eigenvalue weighted by Gasteiger charge is 2.23. The van der Waals surface area contributed by atoms with E-state index >= 15 is 0 Å². The number of amides is 1. The maximum atomic E-state index is 13.0. The normalized spacial score (nSPS) is 11.8. The van der Waals surface area contributed by atoms with Crippen LogP contribution in [0.15, 0.2) is 83.4 Å². The highest BCUT2D eigenvalue weighted by atomic mass is 16.5. The summed E-state index contributed by atoms with van der Waals surface area (Å²) >= 11 is 0. The average molecular weight is 397 g/mol. The number of carbonyl (C=O) groups is 1. The third kappa shape index (κ3) is 4.46. The van der Waals surface area contributed by atoms with E-state index in [0.717, 1.165) is 22.3 Å². The lowest BCUT2D eigenvalue weighted by Gasteiger charge is -2.16. The van der Waals surface area contributed by atoms with E-state index < -0.39 is 6.04 Å². The van der Waals surface area contributed by atoms with E-state index in [-0.39, 0.29) is 5.91 Å². The minimum Gasteiger partial charge on any atom is -0.340 e. The van der Waals surface area contributed by atoms with Gasteiger partial charge in [-0.3, -0.25) is 4.79 Å². The fourth-order valence-corrected chi connectivity index (χ4v) is 3.26. The fraction of sp³-hybridized carbons (Fsp3) is 0.160. The van der Waals surface area contributed by atoms with E-state index in [4.69, 9.17) is 4.52 Å². The number of aryl methyl sites for hydroxylation is 2. The molecular formula is C25H23N3O2. The summed E-state index contributed by atoms with van der Waals surface area (Å²) in [4.78, 5) is 17.5. The molecule has 0 radical (unpaired) electrons. The molecule has 0 saturated carbocycles. The van der Waals surface area contributed by atoms with Crippen LogP contribution < -0.4 is 5.32 Å². The fourth-order valence-electron chi connectivity index (χ4n) is 3.26. The molecule has 1 atom stereocenters. The van der Waals surface area contributed by atoms with Crippen molar-refractivity contribution >= 4 is 5.91 Å². The topological polar surface area (TPSA) is 68.0 Å². The van der Waals surface area contributed by atoms with Crippen molar-refractivity contribution in [3.63, 3.8) is 0 Å². The third-order valence-corrected chi connectivity index (χ3v) is 5.13. The second-order valence-electron chi connectivity index (χ2n) is 7.34. The SMILES string of the molecule is Cc1ccc(C(=O)N[C@@H](Cc2ccccc2)c2nc(-c3ccccc3)no2)cc1C. The quantitative estimate of drug-likeness (QED) is 0.493. The van der Waals surface area contributed by atoms with Crippen LogP contribution in [-0.2, 0) is 6.42 Å². The summed E-state index contributed by atoms with van der Waals surface area (Å²) in [6.07, 6.45) is 0.549. The van der Waals surface area contributed by atoms with Crippen molar-refractivity contribution in [2.45, 2.75) is 26.3 Å². The zero-order valence-corrected chi connectivity index (χ0v) is 17.0. The summed E-state index contributed by atoms with van der Waals surface area (Å²) in [5.41, 5.74) is 4.77. The van der Waals surface area contributed by atoms with E-state index in [1.165, 1.54) is 0 Å². The molecule has 1 amide bonds. The van der Waals surface area contributed by atoms with Crippen LogP contribution in [0.3, 0.4) is 0 Å². The number of benzene rings is 3. The van der Waals surface area contributed by atoms with Crippen LogP contribution in [-0.4, -0.2) is 16.0 Å². The number of aromatic nitrogens is 2. The third-order valence-electron chi connectivity index (χ3n) is 5.13. The Bertz CT molecular complexity index is 1140. The van der Waals surface area contributed by atoms with E-state index in [1.807, 2.05) is 92.7 Å². The summed E-state index contributed by atoms with van der Waals surface area (Å²) in [6.45, 7) is 4.02. The first-order chi connectivity index (χ1) is 14.6. The van der Waals surface area contributed by atoms with Crippen molar-refractivity contribution in [2.24, 2.45) is 0 Å². The zero-order valence-electron chi connectivity index (χ0n) is 17.0. The van der Waals surface area contributed by atoms with Crippen molar-refractivity contribution in [1.29, 1.82) is 0 Å². The van der Waals surface area contributed by atoms with Gasteiger partial charge in [0, 0.05) is 17.5 Å². The van der Waals surface area contributed by atoms with Crippen molar-refractivity contribution in [3.8, 4) is 11.4 Å². The van der Waals surface area contributed by atoms with Gasteiger partial charge in [0.15, 0.2) is 0 Å². The lowest BCUT2D eigenvalue weighted by Crippen LogP contribution is -2.30. The smallest absolute Gasteiger partial charge is 0.251 e. The molecule has 0 aliphatic rings. The average Bonchev–Trinajstić information content (AvgIpc) is 3.27. The number of carbonyl (C=O) groups excluding carboxylic acids is 1. The first-order valence-corrected chi connectivity index (χ1v) is 9.91. The van der Waals surface area contributed by atoms with Gasteiger partial charge in [0.05, 0.1) is 0 Å². The molecule has 0 aliphatic carbocycles. The second kappa shape index (κ2) is 8.74. The summed E-state index contributed by atoms with van der Waals surface area (Å²) in [6, 6.07) is 24.8. The monoisotopic (exact) mass is 397 g/mol. The molecule has 0 spiro atoms. The van der Waals surface area contributed by atoms with Crippen LogP contribution in [0, 0.1) is 13.8 Å². The molecule has 30 heavy (non-hydrogen) atoms. The first kappa shape index (κ1) is 19.6. The Morgan fingerprint density at radius 1 is 0.933 bits per heavy atom. The Morgan fingerprint density at radius 3 is 2.33 bits per heavy atom. The van der Waals surface area contributed by atoms with Gasteiger partial charge in [-0.25, -0.2) is 0 Å². The van der Waals surface area contributed by atoms with Gasteiger partial charge >= 0.3 is 0 Å². The Morgan fingerprint density at radius 2 is 1.63 bits per heavy atom.